The van der Waals surface area contributed by atoms with Crippen molar-refractivity contribution in [1.29, 1.82) is 0 Å². The van der Waals surface area contributed by atoms with Gasteiger partial charge in [-0.05, 0) is 20.3 Å². The molecule has 0 saturated heterocycles. The lowest BCUT2D eigenvalue weighted by molar-refractivity contribution is 0.212. The van der Waals surface area contributed by atoms with Crippen molar-refractivity contribution in [3.63, 3.8) is 0 Å². The molecule has 0 aliphatic rings. The maximum absolute atomic E-state index is 13.1. The first-order chi connectivity index (χ1) is 8.68. The van der Waals surface area contributed by atoms with Gasteiger partial charge in [-0.15, -0.1) is 11.6 Å². The Morgan fingerprint density at radius 1 is 1.05 bits per heavy atom. The van der Waals surface area contributed by atoms with Gasteiger partial charge in [0.2, 0.25) is 0 Å². The van der Waals surface area contributed by atoms with Gasteiger partial charge in [-0.3, -0.25) is 4.57 Å². The van der Waals surface area contributed by atoms with Gasteiger partial charge in [-0.2, -0.15) is 0 Å². The van der Waals surface area contributed by atoms with E-state index in [-0.39, 0.29) is 0 Å². The van der Waals surface area contributed by atoms with Crippen LogP contribution in [-0.2, 0) is 13.6 Å². The number of alkyl halides is 1. The molecule has 0 radical (unpaired) electrons. The molecule has 0 rings (SSSR count). The maximum Gasteiger partial charge on any atom is 0.348 e. The standard InChI is InChI=1S/C13H30ClO3PSi/c1-7-10-11-12-13(14,19(4,5)6)18(15,16-8-2)17-9-3/h7-12H2,1-6H3. The summed E-state index contributed by atoms with van der Waals surface area (Å²) in [6.45, 7) is 12.9. The van der Waals surface area contributed by atoms with Crippen LogP contribution in [0.3, 0.4) is 0 Å². The molecule has 0 spiro atoms. The monoisotopic (exact) mass is 328 g/mol. The Morgan fingerprint density at radius 2 is 1.53 bits per heavy atom. The second-order valence-corrected chi connectivity index (χ2v) is 15.1. The van der Waals surface area contributed by atoms with E-state index in [4.69, 9.17) is 20.6 Å². The van der Waals surface area contributed by atoms with E-state index in [9.17, 15) is 4.57 Å². The van der Waals surface area contributed by atoms with Crippen molar-refractivity contribution < 1.29 is 13.6 Å². The molecule has 0 heterocycles. The molecule has 0 bridgehead atoms. The molecular weight excluding hydrogens is 299 g/mol. The molecule has 0 fully saturated rings. The summed E-state index contributed by atoms with van der Waals surface area (Å²) in [7, 11) is -5.19. The first-order valence-corrected chi connectivity index (χ1v) is 12.7. The van der Waals surface area contributed by atoms with Crippen molar-refractivity contribution in [3.8, 4) is 0 Å². The van der Waals surface area contributed by atoms with E-state index in [0.29, 0.717) is 19.6 Å². The Hall–Kier alpha value is 0.657. The fraction of sp³-hybridized carbons (Fsp3) is 1.00. The van der Waals surface area contributed by atoms with Gasteiger partial charge in [0.15, 0.2) is 0 Å². The predicted octanol–water partition coefficient (Wildman–Crippen LogP) is 5.65. The molecule has 0 aromatic rings. The van der Waals surface area contributed by atoms with E-state index in [1.54, 1.807) is 0 Å². The lowest BCUT2D eigenvalue weighted by Gasteiger charge is -2.42. The van der Waals surface area contributed by atoms with E-state index in [1.807, 2.05) is 13.8 Å². The Kier molecular flexibility index (Phi) is 8.47. The Balaban J connectivity index is 5.35. The summed E-state index contributed by atoms with van der Waals surface area (Å²) < 4.78 is 23.4. The predicted molar refractivity (Wildman–Crippen MR) is 86.9 cm³/mol. The minimum absolute atomic E-state index is 0.365. The average molecular weight is 329 g/mol. The number of hydrogen-bond acceptors (Lipinski definition) is 3. The van der Waals surface area contributed by atoms with E-state index < -0.39 is 19.9 Å². The van der Waals surface area contributed by atoms with E-state index in [1.165, 1.54) is 0 Å². The van der Waals surface area contributed by atoms with Crippen molar-refractivity contribution in [2.24, 2.45) is 0 Å². The fourth-order valence-corrected chi connectivity index (χ4v) is 8.74. The highest BCUT2D eigenvalue weighted by molar-refractivity contribution is 7.61. The summed E-state index contributed by atoms with van der Waals surface area (Å²) >= 11 is 6.86. The van der Waals surface area contributed by atoms with E-state index in [0.717, 1.165) is 19.3 Å². The van der Waals surface area contributed by atoms with Crippen molar-refractivity contribution >= 4 is 27.3 Å². The van der Waals surface area contributed by atoms with Crippen molar-refractivity contribution in [3.05, 3.63) is 0 Å². The molecule has 0 saturated carbocycles. The summed E-state index contributed by atoms with van der Waals surface area (Å²) in [6, 6.07) is 0. The third-order valence-electron chi connectivity index (χ3n) is 3.29. The van der Waals surface area contributed by atoms with Crippen LogP contribution in [0, 0.1) is 0 Å². The quantitative estimate of drug-likeness (QED) is 0.225. The average Bonchev–Trinajstić information content (AvgIpc) is 2.28. The molecule has 19 heavy (non-hydrogen) atoms. The molecule has 0 aliphatic heterocycles. The minimum atomic E-state index is -3.28. The third kappa shape index (κ3) is 4.85. The number of unbranched alkanes of at least 4 members (excludes halogenated alkanes) is 2. The van der Waals surface area contributed by atoms with Gasteiger partial charge < -0.3 is 9.05 Å². The Morgan fingerprint density at radius 3 is 1.84 bits per heavy atom. The highest BCUT2D eigenvalue weighted by Crippen LogP contribution is 2.67. The fourth-order valence-electron chi connectivity index (χ4n) is 2.11. The topological polar surface area (TPSA) is 35.5 Å². The van der Waals surface area contributed by atoms with Crippen LogP contribution in [0.1, 0.15) is 46.5 Å². The second kappa shape index (κ2) is 8.19. The smallest absolute Gasteiger partial charge is 0.308 e. The zero-order valence-corrected chi connectivity index (χ0v) is 15.9. The van der Waals surface area contributed by atoms with Crippen molar-refractivity contribution in [2.45, 2.75) is 70.3 Å². The van der Waals surface area contributed by atoms with Gasteiger partial charge in [0.05, 0.1) is 21.3 Å². The molecule has 1 unspecified atom stereocenters. The Bertz CT molecular complexity index is 297. The molecular formula is C13H30ClO3PSi. The van der Waals surface area contributed by atoms with Crippen LogP contribution in [0.25, 0.3) is 0 Å². The molecule has 1 atom stereocenters. The lowest BCUT2D eigenvalue weighted by atomic mass is 10.2. The van der Waals surface area contributed by atoms with Crippen LogP contribution in [0.2, 0.25) is 19.6 Å². The van der Waals surface area contributed by atoms with Gasteiger partial charge in [-0.25, -0.2) is 0 Å². The summed E-state index contributed by atoms with van der Waals surface area (Å²) in [5, 5.41) is 0. The van der Waals surface area contributed by atoms with Crippen molar-refractivity contribution in [1.82, 2.24) is 0 Å². The maximum atomic E-state index is 13.1. The van der Waals surface area contributed by atoms with Crippen molar-refractivity contribution in [2.75, 3.05) is 13.2 Å². The first kappa shape index (κ1) is 19.7. The van der Waals surface area contributed by atoms with Gasteiger partial charge in [-0.1, -0.05) is 45.8 Å². The summed E-state index contributed by atoms with van der Waals surface area (Å²) in [5.74, 6) is 0. The molecule has 3 nitrogen and oxygen atoms in total. The largest absolute Gasteiger partial charge is 0.348 e. The minimum Gasteiger partial charge on any atom is -0.308 e. The SMILES string of the molecule is CCCCCC(Cl)([Si](C)(C)C)P(=O)(OCC)OCC. The third-order valence-corrected chi connectivity index (χ3v) is 13.5. The van der Waals surface area contributed by atoms with E-state index >= 15 is 0 Å². The normalized spacial score (nSPS) is 16.4. The first-order valence-electron chi connectivity index (χ1n) is 7.26. The van der Waals surface area contributed by atoms with Crippen LogP contribution in [0.15, 0.2) is 0 Å². The molecule has 0 aromatic carbocycles. The molecule has 0 N–H and O–H groups in total. The molecule has 0 aliphatic carbocycles. The Labute approximate surface area is 124 Å². The van der Waals surface area contributed by atoms with Gasteiger partial charge in [0.1, 0.15) is 4.24 Å². The van der Waals surface area contributed by atoms with Gasteiger partial charge >= 0.3 is 7.60 Å². The summed E-state index contributed by atoms with van der Waals surface area (Å²) in [5.41, 5.74) is 0. The van der Waals surface area contributed by atoms with Crippen LogP contribution in [0.4, 0.5) is 0 Å². The number of hydrogen-bond donors (Lipinski definition) is 0. The van der Waals surface area contributed by atoms with Crippen LogP contribution < -0.4 is 0 Å². The lowest BCUT2D eigenvalue weighted by Crippen LogP contribution is -2.48. The van der Waals surface area contributed by atoms with Crippen LogP contribution in [0.5, 0.6) is 0 Å². The summed E-state index contributed by atoms with van der Waals surface area (Å²) in [4.78, 5) is 0. The van der Waals surface area contributed by atoms with Crippen LogP contribution >= 0.6 is 19.2 Å². The second-order valence-electron chi connectivity index (χ2n) is 5.80. The molecule has 6 heteroatoms. The van der Waals surface area contributed by atoms with E-state index in [2.05, 4.69) is 26.6 Å². The highest BCUT2D eigenvalue weighted by Gasteiger charge is 2.57. The number of halogens is 1. The zero-order valence-electron chi connectivity index (χ0n) is 13.3. The molecule has 0 aromatic heterocycles. The zero-order chi connectivity index (χ0) is 15.2. The van der Waals surface area contributed by atoms with Gasteiger partial charge in [0.25, 0.3) is 0 Å². The highest BCUT2D eigenvalue weighted by atomic mass is 35.5. The summed E-state index contributed by atoms with van der Waals surface area (Å²) in [6.07, 6.45) is 3.88. The van der Waals surface area contributed by atoms with Crippen LogP contribution in [-0.4, -0.2) is 25.5 Å². The molecule has 0 amide bonds. The van der Waals surface area contributed by atoms with Gasteiger partial charge in [0, 0.05) is 0 Å². The number of rotatable bonds is 10. The molecule has 116 valence electrons.